The van der Waals surface area contributed by atoms with Crippen molar-refractivity contribution in [3.63, 3.8) is 0 Å². The number of aromatic nitrogens is 2. The minimum absolute atomic E-state index is 0.0337. The zero-order valence-electron chi connectivity index (χ0n) is 27.7. The third-order valence-electron chi connectivity index (χ3n) is 8.04. The van der Waals surface area contributed by atoms with Crippen molar-refractivity contribution in [2.45, 2.75) is 43.9 Å². The Kier molecular flexibility index (Phi) is 13.0. The van der Waals surface area contributed by atoms with Crippen LogP contribution in [-0.4, -0.2) is 95.4 Å². The summed E-state index contributed by atoms with van der Waals surface area (Å²) in [5.74, 6) is -5.54. The Morgan fingerprint density at radius 1 is 0.923 bits per heavy atom. The van der Waals surface area contributed by atoms with Crippen LogP contribution < -0.4 is 20.7 Å². The second kappa shape index (κ2) is 17.4. The molecule has 52 heavy (non-hydrogen) atoms. The Morgan fingerprint density at radius 3 is 2.29 bits per heavy atom. The normalized spacial score (nSPS) is 14.0. The average Bonchev–Trinajstić information content (AvgIpc) is 3.61. The molecule has 0 fully saturated rings. The molecular formula is C35H38FN5O11. The molecule has 2 heterocycles. The molecule has 0 saturated heterocycles. The lowest BCUT2D eigenvalue weighted by molar-refractivity contribution is -0.152. The molecule has 0 aliphatic rings. The monoisotopic (exact) mass is 723 g/mol. The van der Waals surface area contributed by atoms with E-state index in [9.17, 15) is 54.2 Å². The van der Waals surface area contributed by atoms with Gasteiger partial charge in [0.15, 0.2) is 0 Å². The first-order valence-corrected chi connectivity index (χ1v) is 15.9. The number of aromatic amines is 1. The predicted octanol–water partition coefficient (Wildman–Crippen LogP) is 3.09. The number of ether oxygens (including phenoxy) is 1. The summed E-state index contributed by atoms with van der Waals surface area (Å²) < 4.78 is 19.9. The topological polar surface area (TPSA) is 264 Å². The zero-order valence-corrected chi connectivity index (χ0v) is 27.7. The molecule has 2 aromatic carbocycles. The highest BCUT2D eigenvalue weighted by atomic mass is 19.1. The second-order valence-corrected chi connectivity index (χ2v) is 12.0. The van der Waals surface area contributed by atoms with Gasteiger partial charge >= 0.3 is 18.0 Å². The number of H-pyrrole nitrogens is 1. The number of pyridine rings is 1. The Labute approximate surface area is 295 Å². The van der Waals surface area contributed by atoms with Gasteiger partial charge in [-0.3, -0.25) is 14.6 Å². The van der Waals surface area contributed by atoms with Crippen LogP contribution in [0.25, 0.3) is 11.4 Å². The smallest absolute Gasteiger partial charge is 0.329 e. The van der Waals surface area contributed by atoms with E-state index in [1.165, 1.54) is 30.6 Å². The van der Waals surface area contributed by atoms with Crippen LogP contribution in [0.1, 0.15) is 35.2 Å². The molecule has 4 atom stereocenters. The van der Waals surface area contributed by atoms with E-state index in [1.54, 1.807) is 49.4 Å². The minimum Gasteiger partial charge on any atom is -0.481 e. The highest BCUT2D eigenvalue weighted by molar-refractivity contribution is 6.00. The number of hydrogen-bond acceptors (Lipinski definition) is 10. The van der Waals surface area contributed by atoms with Gasteiger partial charge in [0.25, 0.3) is 5.91 Å². The summed E-state index contributed by atoms with van der Waals surface area (Å²) in [6.07, 6.45) is -2.77. The number of rotatable bonds is 17. The lowest BCUT2D eigenvalue weighted by Crippen LogP contribution is -2.62. The van der Waals surface area contributed by atoms with Crippen LogP contribution in [0.4, 0.5) is 20.6 Å². The summed E-state index contributed by atoms with van der Waals surface area (Å²) in [4.78, 5) is 57.3. The van der Waals surface area contributed by atoms with E-state index in [0.29, 0.717) is 28.6 Å². The van der Waals surface area contributed by atoms with Crippen molar-refractivity contribution in [3.8, 4) is 22.9 Å². The number of halogens is 1. The first kappa shape index (κ1) is 38.9. The van der Waals surface area contributed by atoms with E-state index in [2.05, 4.69) is 25.9 Å². The highest BCUT2D eigenvalue weighted by Crippen LogP contribution is 2.33. The Balaban J connectivity index is 1.48. The number of carbonyl (C=O) groups excluding carboxylic acids is 2. The van der Waals surface area contributed by atoms with Crippen LogP contribution in [-0.2, 0) is 9.59 Å². The number of carboxylic acids is 2. The number of aliphatic hydroxyl groups excluding tert-OH is 4. The van der Waals surface area contributed by atoms with Crippen LogP contribution in [0.3, 0.4) is 0 Å². The molecule has 0 aliphatic carbocycles. The number of benzene rings is 2. The lowest BCUT2D eigenvalue weighted by atomic mass is 9.74. The maximum absolute atomic E-state index is 14.0. The van der Waals surface area contributed by atoms with Gasteiger partial charge in [-0.15, -0.1) is 0 Å². The number of carbonyl (C=O) groups is 4. The molecule has 0 aliphatic heterocycles. The fourth-order valence-electron chi connectivity index (χ4n) is 5.48. The summed E-state index contributed by atoms with van der Waals surface area (Å²) >= 11 is 0. The number of nitrogens with one attached hydrogen (secondary N) is 4. The van der Waals surface area contributed by atoms with E-state index in [4.69, 9.17) is 4.74 Å². The standard InChI is InChI=1S/C35H38FN5O11/c1-19-2-7-27(36)28(10-19)40-34(51)39-22-3-5-25(6-4-22)52-26-8-9-37-30(14-26)29-11-20(16-38-29)32(48)41-35(33(49)50,15-24(45)18-43)21(13-31(46)47)12-23(44)17-42/h2-11,14,16,21,23-24,38,42-45H,12-13,15,17-18H2,1H3,(H,41,48)(H,46,47)(H,49,50)(H2,39,40,51). The molecule has 0 radical (unpaired) electrons. The summed E-state index contributed by atoms with van der Waals surface area (Å²) in [7, 11) is 0. The number of aryl methyl sites for hydroxylation is 1. The number of aliphatic carboxylic acids is 2. The number of urea groups is 1. The van der Waals surface area contributed by atoms with Gasteiger partial charge in [-0.05, 0) is 67.4 Å². The summed E-state index contributed by atoms with van der Waals surface area (Å²) in [6.45, 7) is 0.0442. The Hall–Kier alpha value is -5.88. The van der Waals surface area contributed by atoms with Crippen LogP contribution in [0.2, 0.25) is 0 Å². The lowest BCUT2D eigenvalue weighted by Gasteiger charge is -2.39. The number of hydrogen-bond donors (Lipinski definition) is 10. The van der Waals surface area contributed by atoms with Crippen LogP contribution in [0.5, 0.6) is 11.5 Å². The number of anilines is 2. The third-order valence-corrected chi connectivity index (χ3v) is 8.04. The molecule has 276 valence electrons. The SMILES string of the molecule is Cc1ccc(F)c(NC(=O)Nc2ccc(Oc3ccnc(-c4cc(C(=O)NC(CC(O)CO)(C(=O)O)C(CC(=O)O)CC(O)CO)c[nH]4)c3)cc2)c1. The summed E-state index contributed by atoms with van der Waals surface area (Å²) in [6, 6.07) is 14.5. The van der Waals surface area contributed by atoms with Gasteiger partial charge < -0.3 is 56.3 Å². The minimum atomic E-state index is -2.48. The van der Waals surface area contributed by atoms with E-state index in [0.717, 1.165) is 5.56 Å². The van der Waals surface area contributed by atoms with Gasteiger partial charge in [-0.1, -0.05) is 6.07 Å². The maximum atomic E-state index is 14.0. The molecule has 0 spiro atoms. The van der Waals surface area contributed by atoms with Crippen LogP contribution in [0, 0.1) is 18.7 Å². The van der Waals surface area contributed by atoms with Crippen molar-refractivity contribution in [2.24, 2.45) is 5.92 Å². The number of aliphatic hydroxyl groups is 4. The third kappa shape index (κ3) is 10.1. The van der Waals surface area contributed by atoms with Gasteiger partial charge in [-0.2, -0.15) is 0 Å². The fourth-order valence-corrected chi connectivity index (χ4v) is 5.48. The fraction of sp³-hybridized carbons (Fsp3) is 0.286. The van der Waals surface area contributed by atoms with Gasteiger partial charge in [0.1, 0.15) is 22.9 Å². The van der Waals surface area contributed by atoms with Gasteiger partial charge in [0, 0.05) is 36.5 Å². The largest absolute Gasteiger partial charge is 0.481 e. The van der Waals surface area contributed by atoms with Crippen molar-refractivity contribution in [3.05, 3.63) is 90.0 Å². The molecule has 4 rings (SSSR count). The first-order valence-electron chi connectivity index (χ1n) is 15.9. The average molecular weight is 724 g/mol. The number of amides is 3. The molecule has 16 nitrogen and oxygen atoms in total. The molecular weight excluding hydrogens is 685 g/mol. The molecule has 4 aromatic rings. The van der Waals surface area contributed by atoms with Crippen molar-refractivity contribution < 1.29 is 58.9 Å². The first-order chi connectivity index (χ1) is 24.7. The zero-order chi connectivity index (χ0) is 38.0. The van der Waals surface area contributed by atoms with Crippen molar-refractivity contribution in [2.75, 3.05) is 23.8 Å². The van der Waals surface area contributed by atoms with Gasteiger partial charge in [0.2, 0.25) is 0 Å². The molecule has 17 heteroatoms. The maximum Gasteiger partial charge on any atom is 0.329 e. The van der Waals surface area contributed by atoms with Gasteiger partial charge in [-0.25, -0.2) is 14.0 Å². The molecule has 10 N–H and O–H groups in total. The Morgan fingerprint density at radius 2 is 1.63 bits per heavy atom. The number of carboxylic acid groups (broad SMARTS) is 2. The molecule has 2 aromatic heterocycles. The summed E-state index contributed by atoms with van der Waals surface area (Å²) in [5, 5.41) is 66.2. The number of nitrogens with zero attached hydrogens (tertiary/aromatic N) is 1. The Bertz CT molecular complexity index is 1890. The molecule has 0 saturated carbocycles. The van der Waals surface area contributed by atoms with Crippen LogP contribution >= 0.6 is 0 Å². The predicted molar refractivity (Wildman–Crippen MR) is 183 cm³/mol. The second-order valence-electron chi connectivity index (χ2n) is 12.0. The van der Waals surface area contributed by atoms with Crippen molar-refractivity contribution >= 4 is 35.3 Å². The van der Waals surface area contributed by atoms with Gasteiger partial charge in [0.05, 0.1) is 54.5 Å². The van der Waals surface area contributed by atoms with Crippen LogP contribution in [0.15, 0.2) is 73.1 Å². The van der Waals surface area contributed by atoms with E-state index in [-0.39, 0.29) is 11.3 Å². The van der Waals surface area contributed by atoms with E-state index < -0.39 is 85.8 Å². The quantitative estimate of drug-likeness (QED) is 0.0754. The van der Waals surface area contributed by atoms with E-state index >= 15 is 0 Å². The molecule has 3 amide bonds. The van der Waals surface area contributed by atoms with E-state index in [1.807, 2.05) is 0 Å². The van der Waals surface area contributed by atoms with Crippen molar-refractivity contribution in [1.29, 1.82) is 0 Å². The molecule has 4 unspecified atom stereocenters. The summed E-state index contributed by atoms with van der Waals surface area (Å²) in [5.41, 5.74) is -0.750. The molecule has 0 bridgehead atoms. The van der Waals surface area contributed by atoms with Crippen molar-refractivity contribution in [1.82, 2.24) is 15.3 Å². The highest BCUT2D eigenvalue weighted by Gasteiger charge is 2.50.